The second kappa shape index (κ2) is 67.8. The van der Waals surface area contributed by atoms with Crippen LogP contribution in [0.5, 0.6) is 0 Å². The highest BCUT2D eigenvalue weighted by Gasteiger charge is 2.18. The predicted octanol–water partition coefficient (Wildman–Crippen LogP) is 22.9. The number of aliphatic hydroxyl groups is 2. The van der Waals surface area contributed by atoms with Gasteiger partial charge in [0.25, 0.3) is 0 Å². The zero-order valence-corrected chi connectivity index (χ0v) is 52.9. The second-order valence-corrected chi connectivity index (χ2v) is 24.6. The number of aliphatic hydroxyl groups excluding tert-OH is 2. The van der Waals surface area contributed by atoms with Crippen LogP contribution >= 0.6 is 0 Å². The Morgan fingerprint density at radius 1 is 0.346 bits per heavy atom. The summed E-state index contributed by atoms with van der Waals surface area (Å²) in [5.41, 5.74) is 0. The first-order chi connectivity index (χ1) is 38.5. The van der Waals surface area contributed by atoms with E-state index in [4.69, 9.17) is 4.74 Å². The molecule has 0 aromatic rings. The van der Waals surface area contributed by atoms with Crippen molar-refractivity contribution < 1.29 is 24.5 Å². The molecule has 3 N–H and O–H groups in total. The number of amides is 1. The average Bonchev–Trinajstić information content (AvgIpc) is 3.44. The summed E-state index contributed by atoms with van der Waals surface area (Å²) >= 11 is 0. The fourth-order valence-electron chi connectivity index (χ4n) is 11.3. The number of allylic oxidation sites excluding steroid dienone is 3. The van der Waals surface area contributed by atoms with Crippen LogP contribution in [-0.4, -0.2) is 47.4 Å². The van der Waals surface area contributed by atoms with Crippen molar-refractivity contribution in [1.82, 2.24) is 5.32 Å². The lowest BCUT2D eigenvalue weighted by molar-refractivity contribution is -0.143. The number of nitrogens with one attached hydrogen (secondary N) is 1. The third kappa shape index (κ3) is 63.5. The first-order valence-corrected chi connectivity index (χ1v) is 35.6. The molecule has 6 nitrogen and oxygen atoms in total. The van der Waals surface area contributed by atoms with Gasteiger partial charge in [0, 0.05) is 12.8 Å². The van der Waals surface area contributed by atoms with Crippen molar-refractivity contribution >= 4 is 11.9 Å². The summed E-state index contributed by atoms with van der Waals surface area (Å²) in [7, 11) is 0. The maximum atomic E-state index is 12.5. The molecule has 2 unspecified atom stereocenters. The van der Waals surface area contributed by atoms with E-state index in [1.54, 1.807) is 6.08 Å². The van der Waals surface area contributed by atoms with E-state index in [1.165, 1.54) is 327 Å². The van der Waals surface area contributed by atoms with Crippen LogP contribution in [-0.2, 0) is 14.3 Å². The minimum Gasteiger partial charge on any atom is -0.466 e. The smallest absolute Gasteiger partial charge is 0.305 e. The number of carbonyl (C=O) groups excluding carboxylic acids is 2. The van der Waals surface area contributed by atoms with Crippen molar-refractivity contribution in [2.45, 2.75) is 411 Å². The van der Waals surface area contributed by atoms with Gasteiger partial charge in [0.1, 0.15) is 0 Å². The zero-order valence-electron chi connectivity index (χ0n) is 52.9. The minimum absolute atomic E-state index is 0.00976. The zero-order chi connectivity index (χ0) is 56.4. The number of esters is 1. The molecule has 6 heteroatoms. The number of unbranched alkanes of at least 4 members (excludes halogenated alkanes) is 54. The fraction of sp³-hybridized carbons (Fsp3) is 0.917. The molecule has 462 valence electrons. The van der Waals surface area contributed by atoms with Gasteiger partial charge >= 0.3 is 5.97 Å². The topological polar surface area (TPSA) is 95.9 Å². The van der Waals surface area contributed by atoms with Crippen LogP contribution in [0.2, 0.25) is 0 Å². The van der Waals surface area contributed by atoms with Crippen molar-refractivity contribution in [3.05, 3.63) is 24.3 Å². The second-order valence-electron chi connectivity index (χ2n) is 24.6. The van der Waals surface area contributed by atoms with E-state index < -0.39 is 12.1 Å². The minimum atomic E-state index is -0.842. The molecule has 0 radical (unpaired) electrons. The summed E-state index contributed by atoms with van der Waals surface area (Å²) in [6, 6.07) is -0.625. The number of ether oxygens (including phenoxy) is 1. The quantitative estimate of drug-likeness (QED) is 0.0320. The molecule has 0 aliphatic rings. The molecule has 2 atom stereocenters. The maximum Gasteiger partial charge on any atom is 0.305 e. The lowest BCUT2D eigenvalue weighted by atomic mass is 10.0. The summed E-state index contributed by atoms with van der Waals surface area (Å²) in [6.45, 7) is 4.90. The Kier molecular flexibility index (Phi) is 66.4. The van der Waals surface area contributed by atoms with Crippen LogP contribution < -0.4 is 5.32 Å². The SMILES string of the molecule is CCCC/C=C\CCCCCCCC(=O)OCCCCCCCCCCCCCCCCCCCCCCCCCCCCCCCCCC(=O)NC(CO)C(O)/C=C/CCCCCCCCCCCCCCCCCCC. The third-order valence-corrected chi connectivity index (χ3v) is 16.7. The van der Waals surface area contributed by atoms with E-state index in [0.717, 1.165) is 44.9 Å². The van der Waals surface area contributed by atoms with Crippen molar-refractivity contribution in [3.8, 4) is 0 Å². The van der Waals surface area contributed by atoms with Crippen molar-refractivity contribution in [2.24, 2.45) is 0 Å². The van der Waals surface area contributed by atoms with Gasteiger partial charge in [-0.15, -0.1) is 0 Å². The van der Waals surface area contributed by atoms with Crippen LogP contribution in [0.25, 0.3) is 0 Å². The molecule has 0 rings (SSSR count). The Hall–Kier alpha value is -1.66. The molecule has 0 aliphatic heterocycles. The van der Waals surface area contributed by atoms with Gasteiger partial charge in [0.05, 0.1) is 25.4 Å². The van der Waals surface area contributed by atoms with Crippen LogP contribution in [0.1, 0.15) is 399 Å². The molecule has 0 aliphatic carbocycles. The number of carbonyl (C=O) groups is 2. The molecule has 78 heavy (non-hydrogen) atoms. The third-order valence-electron chi connectivity index (χ3n) is 16.7. The van der Waals surface area contributed by atoms with Gasteiger partial charge in [-0.3, -0.25) is 9.59 Å². The summed E-state index contributed by atoms with van der Waals surface area (Å²) < 4.78 is 5.47. The van der Waals surface area contributed by atoms with E-state index in [2.05, 4.69) is 31.3 Å². The van der Waals surface area contributed by atoms with E-state index in [0.29, 0.717) is 19.4 Å². The standard InChI is InChI=1S/C72H139NO5/c1-3-5-7-9-11-13-15-16-17-18-32-35-38-41-45-48-52-56-60-64-70(75)69(68-74)73-71(76)65-61-57-53-49-46-42-39-36-33-30-28-26-24-22-20-19-21-23-25-27-29-31-34-37-40-43-47-51-55-59-63-67-78-72(77)66-62-58-54-50-44-14-12-10-8-6-4-2/h10,12,60,64,69-70,74-75H,3-9,11,13-59,61-63,65-68H2,1-2H3,(H,73,76)/b12-10-,64-60+. The lowest BCUT2D eigenvalue weighted by Gasteiger charge is -2.20. The van der Waals surface area contributed by atoms with Crippen molar-refractivity contribution in [2.75, 3.05) is 13.2 Å². The molecule has 0 bridgehead atoms. The number of hydrogen-bond acceptors (Lipinski definition) is 5. The molecule has 0 saturated heterocycles. The van der Waals surface area contributed by atoms with Gasteiger partial charge < -0.3 is 20.3 Å². The Morgan fingerprint density at radius 3 is 0.949 bits per heavy atom. The Labute approximate surface area is 488 Å². The van der Waals surface area contributed by atoms with Gasteiger partial charge in [-0.05, 0) is 51.4 Å². The molecule has 0 spiro atoms. The van der Waals surface area contributed by atoms with Crippen LogP contribution in [0.3, 0.4) is 0 Å². The van der Waals surface area contributed by atoms with Gasteiger partial charge in [-0.25, -0.2) is 0 Å². The van der Waals surface area contributed by atoms with E-state index in [-0.39, 0.29) is 18.5 Å². The van der Waals surface area contributed by atoms with Crippen molar-refractivity contribution in [1.29, 1.82) is 0 Å². The largest absolute Gasteiger partial charge is 0.466 e. The van der Waals surface area contributed by atoms with Crippen LogP contribution in [0.15, 0.2) is 24.3 Å². The normalized spacial score (nSPS) is 12.6. The molecule has 0 saturated carbocycles. The molecule has 1 amide bonds. The Bertz CT molecular complexity index is 1220. The fourth-order valence-corrected chi connectivity index (χ4v) is 11.3. The molecule has 0 aromatic heterocycles. The van der Waals surface area contributed by atoms with Gasteiger partial charge in [0.2, 0.25) is 5.91 Å². The van der Waals surface area contributed by atoms with Crippen molar-refractivity contribution in [3.63, 3.8) is 0 Å². The lowest BCUT2D eigenvalue weighted by Crippen LogP contribution is -2.45. The molecule has 0 aromatic carbocycles. The first kappa shape index (κ1) is 76.3. The highest BCUT2D eigenvalue weighted by Crippen LogP contribution is 2.19. The summed E-state index contributed by atoms with van der Waals surface area (Å²) in [5, 5.41) is 23.2. The molecule has 0 heterocycles. The monoisotopic (exact) mass is 1100 g/mol. The summed E-state index contributed by atoms with van der Waals surface area (Å²) in [4.78, 5) is 24.5. The highest BCUT2D eigenvalue weighted by atomic mass is 16.5. The average molecular weight is 1100 g/mol. The van der Waals surface area contributed by atoms with Crippen LogP contribution in [0, 0.1) is 0 Å². The van der Waals surface area contributed by atoms with Gasteiger partial charge in [-0.2, -0.15) is 0 Å². The molecular weight excluding hydrogens is 959 g/mol. The van der Waals surface area contributed by atoms with E-state index in [1.807, 2.05) is 6.08 Å². The van der Waals surface area contributed by atoms with Gasteiger partial charge in [0.15, 0.2) is 0 Å². The molecule has 0 fully saturated rings. The van der Waals surface area contributed by atoms with E-state index in [9.17, 15) is 19.8 Å². The summed E-state index contributed by atoms with van der Waals surface area (Å²) in [6.07, 6.45) is 85.5. The highest BCUT2D eigenvalue weighted by molar-refractivity contribution is 5.76. The summed E-state index contributed by atoms with van der Waals surface area (Å²) in [5.74, 6) is -0.0502. The Balaban J connectivity index is 3.35. The Morgan fingerprint density at radius 2 is 0.615 bits per heavy atom. The number of hydrogen-bond donors (Lipinski definition) is 3. The molecular formula is C72H139NO5. The first-order valence-electron chi connectivity index (χ1n) is 35.6. The van der Waals surface area contributed by atoms with E-state index >= 15 is 0 Å². The number of rotatable bonds is 67. The predicted molar refractivity (Wildman–Crippen MR) is 343 cm³/mol. The van der Waals surface area contributed by atoms with Crippen LogP contribution in [0.4, 0.5) is 0 Å². The van der Waals surface area contributed by atoms with Gasteiger partial charge in [-0.1, -0.05) is 359 Å². The maximum absolute atomic E-state index is 12.5.